The van der Waals surface area contributed by atoms with Crippen LogP contribution >= 0.6 is 0 Å². The molecule has 2 fully saturated rings. The van der Waals surface area contributed by atoms with E-state index >= 15 is 0 Å². The fraction of sp³-hybridized carbons (Fsp3) is 0.660. The van der Waals surface area contributed by atoms with Crippen molar-refractivity contribution in [2.75, 3.05) is 46.0 Å². The molecule has 1 aromatic rings. The van der Waals surface area contributed by atoms with Crippen molar-refractivity contribution in [1.82, 2.24) is 69.0 Å². The first-order valence-electron chi connectivity index (χ1n) is 28.0. The van der Waals surface area contributed by atoms with Crippen LogP contribution in [0.3, 0.4) is 0 Å². The number of hydrogen-bond donors (Lipinski definition) is 16. The second-order valence-corrected chi connectivity index (χ2v) is 22.9. The third kappa shape index (κ3) is 26.3. The summed E-state index contributed by atoms with van der Waals surface area (Å²) in [6, 6.07) is -8.58. The summed E-state index contributed by atoms with van der Waals surface area (Å²) in [7, 11) is 1.55. The average Bonchev–Trinajstić information content (AvgIpc) is 3.46. The van der Waals surface area contributed by atoms with Crippen LogP contribution in [0.2, 0.25) is 0 Å². The molecule has 0 unspecified atom stereocenters. The molecule has 3 rings (SSSR count). The quantitative estimate of drug-likeness (QED) is 0.0575. The molecule has 31 nitrogen and oxygen atoms in total. The molecule has 0 saturated carbocycles. The Hall–Kier alpha value is -7.84. The molecule has 85 heavy (non-hydrogen) atoms. The van der Waals surface area contributed by atoms with Gasteiger partial charge in [-0.15, -0.1) is 0 Å². The minimum absolute atomic E-state index is 0.0701. The monoisotopic (exact) mass is 1200 g/mol. The number of alkyl carbamates (subject to hydrolysis) is 2. The lowest BCUT2D eigenvalue weighted by atomic mass is 10.00. The molecule has 0 aromatic heterocycles. The maximum absolute atomic E-state index is 14.7. The Morgan fingerprint density at radius 3 is 1.71 bits per heavy atom. The topological polar surface area (TPSA) is 450 Å². The molecule has 1 aromatic carbocycles. The molecule has 2 aliphatic rings. The molecule has 16 N–H and O–H groups in total. The van der Waals surface area contributed by atoms with Gasteiger partial charge in [-0.25, -0.2) is 9.59 Å². The van der Waals surface area contributed by atoms with Gasteiger partial charge in [0.1, 0.15) is 77.9 Å². The summed E-state index contributed by atoms with van der Waals surface area (Å²) in [5.74, 6) is -10.3. The maximum Gasteiger partial charge on any atom is 0.407 e. The van der Waals surface area contributed by atoms with Gasteiger partial charge in [0.25, 0.3) is 0 Å². The van der Waals surface area contributed by atoms with E-state index in [1.807, 2.05) is 0 Å². The molecular formula is C53H86BN13O18. The summed E-state index contributed by atoms with van der Waals surface area (Å²) in [5.41, 5.74) is -1.53. The number of carbonyl (C=O) groups excluding carboxylic acids is 12. The highest BCUT2D eigenvalue weighted by Crippen LogP contribution is 2.15. The number of aliphatic hydroxyl groups excluding tert-OH is 2. The number of morpholine rings is 1. The normalized spacial score (nSPS) is 23.5. The summed E-state index contributed by atoms with van der Waals surface area (Å²) < 4.78 is 15.7. The highest BCUT2D eigenvalue weighted by atomic mass is 16.6. The number of nitrogens with one attached hydrogen (secondary N) is 13. The first-order valence-corrected chi connectivity index (χ1v) is 28.0. The molecule has 2 heterocycles. The Bertz CT molecular complexity index is 2510. The van der Waals surface area contributed by atoms with Gasteiger partial charge in [-0.1, -0.05) is 26.0 Å². The van der Waals surface area contributed by atoms with Crippen molar-refractivity contribution in [3.05, 3.63) is 29.8 Å². The minimum Gasteiger partial charge on any atom is -0.508 e. The van der Waals surface area contributed by atoms with Crippen LogP contribution in [0.4, 0.5) is 9.59 Å². The Morgan fingerprint density at radius 1 is 0.694 bits per heavy atom. The van der Waals surface area contributed by atoms with Crippen molar-refractivity contribution in [3.8, 4) is 5.75 Å². The van der Waals surface area contributed by atoms with E-state index < -0.39 is 169 Å². The summed E-state index contributed by atoms with van der Waals surface area (Å²) >= 11 is 0. The number of hydrogen-bond acceptors (Lipinski definition) is 19. The van der Waals surface area contributed by atoms with E-state index in [1.165, 1.54) is 18.2 Å². The van der Waals surface area contributed by atoms with Crippen molar-refractivity contribution in [3.63, 3.8) is 0 Å². The molecule has 2 saturated heterocycles. The van der Waals surface area contributed by atoms with Crippen LogP contribution in [0.25, 0.3) is 0 Å². The summed E-state index contributed by atoms with van der Waals surface area (Å²) in [5, 5.41) is 64.4. The van der Waals surface area contributed by atoms with Gasteiger partial charge in [-0.2, -0.15) is 0 Å². The zero-order valence-electron chi connectivity index (χ0n) is 49.8. The number of benzene rings is 1. The van der Waals surface area contributed by atoms with E-state index in [-0.39, 0.29) is 70.2 Å². The number of rotatable bonds is 19. The SMILES string of the molecule is BNCC[C@@H]1NC(=O)[C@@H](NC(=O)[C@@H](CO)NC(=O)[C@@H]2COCC(=O)N2)CCNC(=O)[C@H]([C@@H](C)O)NC(=O)[C@H](CCNC(=O)OC(C)(C)C)NC(=O)[C@H](CCNC(=O)OC(C)(C)C)NC(=O)[C@H](CC(C)C)NC(=O)[C@@H](Cc2cccc(O)c2)NC1=O. The maximum atomic E-state index is 14.7. The largest absolute Gasteiger partial charge is 0.508 e. The lowest BCUT2D eigenvalue weighted by molar-refractivity contribution is -0.140. The average molecular weight is 1200 g/mol. The van der Waals surface area contributed by atoms with Crippen LogP contribution in [-0.4, -0.2) is 212 Å². The van der Waals surface area contributed by atoms with Gasteiger partial charge >= 0.3 is 12.2 Å². The Balaban J connectivity index is 2.22. The van der Waals surface area contributed by atoms with Crippen LogP contribution in [0.15, 0.2) is 24.3 Å². The van der Waals surface area contributed by atoms with Crippen LogP contribution < -0.4 is 69.0 Å². The number of carbonyl (C=O) groups is 12. The zero-order chi connectivity index (χ0) is 63.8. The molecule has 0 bridgehead atoms. The first-order chi connectivity index (χ1) is 39.8. The lowest BCUT2D eigenvalue weighted by Gasteiger charge is -2.29. The van der Waals surface area contributed by atoms with Crippen molar-refractivity contribution in [2.24, 2.45) is 5.92 Å². The molecule has 0 spiro atoms. The van der Waals surface area contributed by atoms with Crippen molar-refractivity contribution < 1.29 is 87.1 Å². The predicted octanol–water partition coefficient (Wildman–Crippen LogP) is -5.38. The third-order valence-corrected chi connectivity index (χ3v) is 12.5. The number of aromatic hydroxyl groups is 1. The van der Waals surface area contributed by atoms with Crippen molar-refractivity contribution in [1.29, 1.82) is 0 Å². The van der Waals surface area contributed by atoms with E-state index in [2.05, 4.69) is 69.0 Å². The summed E-state index contributed by atoms with van der Waals surface area (Å²) in [6.45, 7) is 11.6. The first kappa shape index (κ1) is 71.4. The predicted molar refractivity (Wildman–Crippen MR) is 305 cm³/mol. The fourth-order valence-corrected chi connectivity index (χ4v) is 8.36. The highest BCUT2D eigenvalue weighted by molar-refractivity contribution is 6.04. The van der Waals surface area contributed by atoms with Crippen LogP contribution in [0, 0.1) is 5.92 Å². The van der Waals surface area contributed by atoms with Crippen molar-refractivity contribution in [2.45, 2.75) is 173 Å². The number of ether oxygens (including phenoxy) is 3. The molecule has 0 aliphatic carbocycles. The second-order valence-electron chi connectivity index (χ2n) is 22.9. The molecule has 12 amide bonds. The molecule has 0 radical (unpaired) electrons. The number of aliphatic hydroxyl groups is 2. The number of phenolic OH excluding ortho intramolecular Hbond substituents is 1. The minimum atomic E-state index is -1.80. The van der Waals surface area contributed by atoms with Crippen LogP contribution in [-0.2, 0) is 68.6 Å². The Labute approximate surface area is 494 Å². The zero-order valence-corrected chi connectivity index (χ0v) is 49.8. The third-order valence-electron chi connectivity index (χ3n) is 12.5. The van der Waals surface area contributed by atoms with Gasteiger partial charge in [0, 0.05) is 26.1 Å². The van der Waals surface area contributed by atoms with E-state index in [0.29, 0.717) is 5.56 Å². The highest BCUT2D eigenvalue weighted by Gasteiger charge is 2.37. The molecular weight excluding hydrogens is 1120 g/mol. The Morgan fingerprint density at radius 2 is 1.20 bits per heavy atom. The number of phenols is 1. The van der Waals surface area contributed by atoms with Gasteiger partial charge in [0.15, 0.2) is 7.98 Å². The Kier molecular flexibility index (Phi) is 28.7. The lowest BCUT2D eigenvalue weighted by Crippen LogP contribution is -2.61. The smallest absolute Gasteiger partial charge is 0.407 e. The second kappa shape index (κ2) is 34.2. The van der Waals surface area contributed by atoms with Gasteiger partial charge < -0.3 is 98.6 Å². The van der Waals surface area contributed by atoms with E-state index in [1.54, 1.807) is 69.4 Å². The number of amides is 12. The standard InChI is InChI=1S/C53H86BN13O18/c1-27(2)21-35-45(76)62-32(14-18-56-50(81)84-52(4,5)6)42(73)60-33(15-19-57-51(82)85-53(7,8)9)44(75)67-40(28(3)69)49(80)55-17-13-31(63-47(78)37(24-68)66-48(79)38-25-83-26-39(71)59-38)41(72)61-34(16-20-58-54)43(74)65-36(46(77)64-35)23-29-11-10-12-30(70)22-29/h10-12,22,27-28,31-38,40,58,68-70H,13-21,23-26,54H2,1-9H3,(H,55,80)(H,56,81)(H,57,82)(H,59,71)(H,60,73)(H,61,72)(H,62,76)(H,63,78)(H,64,77)(H,65,74)(H,66,79)(H,67,75)/t28-,31+,32+,33+,34+,35+,36-,37-,38+,40+/m1/s1. The van der Waals surface area contributed by atoms with Crippen LogP contribution in [0.5, 0.6) is 5.75 Å². The summed E-state index contributed by atoms with van der Waals surface area (Å²) in [6.07, 6.45) is -5.24. The van der Waals surface area contributed by atoms with E-state index in [0.717, 1.165) is 6.92 Å². The van der Waals surface area contributed by atoms with E-state index in [4.69, 9.17) is 14.2 Å². The summed E-state index contributed by atoms with van der Waals surface area (Å²) in [4.78, 5) is 165. The van der Waals surface area contributed by atoms with Crippen LogP contribution in [0.1, 0.15) is 100.0 Å². The van der Waals surface area contributed by atoms with Gasteiger partial charge in [-0.05, 0) is 111 Å². The fourth-order valence-electron chi connectivity index (χ4n) is 8.36. The molecule has 2 aliphatic heterocycles. The van der Waals surface area contributed by atoms with Gasteiger partial charge in [0.2, 0.25) is 59.1 Å². The van der Waals surface area contributed by atoms with Crippen molar-refractivity contribution >= 4 is 79.2 Å². The van der Waals surface area contributed by atoms with E-state index in [9.17, 15) is 72.9 Å². The molecule has 10 atom stereocenters. The molecule has 474 valence electrons. The van der Waals surface area contributed by atoms with Gasteiger partial charge in [0.05, 0.1) is 19.3 Å². The van der Waals surface area contributed by atoms with Gasteiger partial charge in [-0.3, -0.25) is 47.9 Å². The molecule has 32 heteroatoms.